The monoisotopic (exact) mass is 557 g/mol. The second kappa shape index (κ2) is 11.9. The molecule has 2 aromatic rings. The number of alkyl halides is 3. The van der Waals surface area contributed by atoms with Crippen LogP contribution >= 0.6 is 34.8 Å². The molecule has 1 aliphatic heterocycles. The van der Waals surface area contributed by atoms with Crippen LogP contribution in [-0.2, 0) is 28.5 Å². The molecule has 2 unspecified atom stereocenters. The summed E-state index contributed by atoms with van der Waals surface area (Å²) in [7, 11) is 0. The van der Waals surface area contributed by atoms with Gasteiger partial charge in [0.2, 0.25) is 18.3 Å². The number of carbonyl (C=O) groups excluding carboxylic acids is 3. The first-order valence-corrected chi connectivity index (χ1v) is 11.8. The van der Waals surface area contributed by atoms with Crippen LogP contribution in [0.25, 0.3) is 0 Å². The van der Waals surface area contributed by atoms with Crippen LogP contribution in [0.5, 0.6) is 0 Å². The maximum atomic E-state index is 12.9. The zero-order valence-electron chi connectivity index (χ0n) is 19.1. The van der Waals surface area contributed by atoms with Crippen molar-refractivity contribution < 1.29 is 38.1 Å². The lowest BCUT2D eigenvalue weighted by Crippen LogP contribution is -2.61. The first-order chi connectivity index (χ1) is 17.0. The number of esters is 3. The lowest BCUT2D eigenvalue weighted by Gasteiger charge is -2.43. The van der Waals surface area contributed by atoms with Crippen molar-refractivity contribution in [2.75, 3.05) is 0 Å². The number of halogens is 3. The number of rotatable bonds is 6. The maximum absolute atomic E-state index is 12.9. The van der Waals surface area contributed by atoms with E-state index in [2.05, 4.69) is 0 Å². The van der Waals surface area contributed by atoms with E-state index in [1.54, 1.807) is 48.5 Å². The van der Waals surface area contributed by atoms with Crippen LogP contribution in [-0.4, -0.2) is 58.3 Å². The summed E-state index contributed by atoms with van der Waals surface area (Å²) in [5, 5.41) is 7.93. The highest BCUT2D eigenvalue weighted by Gasteiger charge is 2.53. The van der Waals surface area contributed by atoms with Gasteiger partial charge in [0.05, 0.1) is 17.2 Å². The minimum atomic E-state index is -2.26. The summed E-state index contributed by atoms with van der Waals surface area (Å²) >= 11 is 17.2. The van der Waals surface area contributed by atoms with Crippen LogP contribution in [0.3, 0.4) is 0 Å². The zero-order valence-corrected chi connectivity index (χ0v) is 21.3. The Hall–Kier alpha value is -2.85. The van der Waals surface area contributed by atoms with E-state index >= 15 is 0 Å². The van der Waals surface area contributed by atoms with Gasteiger partial charge in [-0.15, -0.1) is 0 Å². The molecule has 1 saturated heterocycles. The van der Waals surface area contributed by atoms with Crippen molar-refractivity contribution in [2.45, 2.75) is 48.3 Å². The molecule has 36 heavy (non-hydrogen) atoms. The lowest BCUT2D eigenvalue weighted by molar-refractivity contribution is -0.275. The molecule has 0 saturated carbocycles. The van der Waals surface area contributed by atoms with Crippen molar-refractivity contribution in [1.82, 2.24) is 0 Å². The molecule has 0 spiro atoms. The van der Waals surface area contributed by atoms with Gasteiger partial charge >= 0.3 is 17.9 Å². The maximum Gasteiger partial charge on any atom is 0.338 e. The van der Waals surface area contributed by atoms with Gasteiger partial charge in [-0.05, 0) is 31.2 Å². The predicted octanol–water partition coefficient (Wildman–Crippen LogP) is 4.48. The van der Waals surface area contributed by atoms with Gasteiger partial charge in [-0.3, -0.25) is 10.2 Å². The van der Waals surface area contributed by atoms with E-state index in [-0.39, 0.29) is 11.1 Å². The van der Waals surface area contributed by atoms with Gasteiger partial charge in [0.15, 0.2) is 12.2 Å². The number of hydrogen-bond acceptors (Lipinski definition) is 9. The molecular weight excluding hydrogens is 537 g/mol. The summed E-state index contributed by atoms with van der Waals surface area (Å²) in [6.45, 7) is 2.65. The quantitative estimate of drug-likeness (QED) is 0.181. The molecule has 1 aliphatic rings. The predicted molar refractivity (Wildman–Crippen MR) is 130 cm³/mol. The average molecular weight is 559 g/mol. The summed E-state index contributed by atoms with van der Waals surface area (Å²) in [6, 6.07) is 16.1. The third-order valence-electron chi connectivity index (χ3n) is 5.03. The average Bonchev–Trinajstić information content (AvgIpc) is 2.83. The Labute approximate surface area is 222 Å². The lowest BCUT2D eigenvalue weighted by atomic mass is 9.98. The number of nitrogens with one attached hydrogen (secondary N) is 1. The number of benzene rings is 2. The Morgan fingerprint density at radius 1 is 0.778 bits per heavy atom. The molecule has 3 rings (SSSR count). The van der Waals surface area contributed by atoms with Crippen molar-refractivity contribution in [3.63, 3.8) is 0 Å². The molecule has 9 nitrogen and oxygen atoms in total. The molecule has 12 heteroatoms. The summed E-state index contributed by atoms with van der Waals surface area (Å²) in [5.41, 5.74) is 0.409. The second-order valence-electron chi connectivity index (χ2n) is 7.70. The van der Waals surface area contributed by atoms with E-state index in [1.165, 1.54) is 19.1 Å². The fraction of sp³-hybridized carbons (Fsp3) is 0.333. The number of ether oxygens (including phenoxy) is 5. The van der Waals surface area contributed by atoms with Crippen LogP contribution in [0.2, 0.25) is 0 Å². The highest BCUT2D eigenvalue weighted by molar-refractivity contribution is 6.76. The van der Waals surface area contributed by atoms with Crippen LogP contribution in [0.1, 0.15) is 34.6 Å². The Balaban J connectivity index is 1.96. The summed E-state index contributed by atoms with van der Waals surface area (Å²) in [4.78, 5) is 37.7. The normalized spacial score (nSPS) is 23.8. The third-order valence-corrected chi connectivity index (χ3v) is 5.54. The summed E-state index contributed by atoms with van der Waals surface area (Å²) < 4.78 is 25.6. The first kappa shape index (κ1) is 27.7. The highest BCUT2D eigenvalue weighted by atomic mass is 35.6. The molecule has 1 fully saturated rings. The van der Waals surface area contributed by atoms with Crippen LogP contribution in [0.15, 0.2) is 60.7 Å². The minimum absolute atomic E-state index is 0.172. The van der Waals surface area contributed by atoms with Crippen molar-refractivity contribution >= 4 is 58.6 Å². The topological polar surface area (TPSA) is 121 Å². The van der Waals surface area contributed by atoms with E-state index in [0.717, 1.165) is 6.92 Å². The Morgan fingerprint density at radius 2 is 1.25 bits per heavy atom. The number of hydrogen-bond donors (Lipinski definition) is 1. The SMILES string of the molecule is CC(=O)O[C@H]1C(OC(=O)c2ccccc2)[C@H](OC(=N)C(Cl)(Cl)Cl)OC(C)[C@@H]1OC(=O)c1ccccc1. The Kier molecular flexibility index (Phi) is 9.19. The Bertz CT molecular complexity index is 1090. The molecule has 0 amide bonds. The van der Waals surface area contributed by atoms with E-state index in [1.807, 2.05) is 0 Å². The largest absolute Gasteiger partial charge is 0.454 e. The smallest absolute Gasteiger partial charge is 0.338 e. The Morgan fingerprint density at radius 3 is 1.69 bits per heavy atom. The fourth-order valence-electron chi connectivity index (χ4n) is 3.40. The van der Waals surface area contributed by atoms with Crippen molar-refractivity contribution in [1.29, 1.82) is 5.41 Å². The van der Waals surface area contributed by atoms with Crippen molar-refractivity contribution in [3.8, 4) is 0 Å². The van der Waals surface area contributed by atoms with Gasteiger partial charge in [0.25, 0.3) is 3.79 Å². The molecule has 0 aromatic heterocycles. The number of carbonyl (C=O) groups is 3. The summed E-state index contributed by atoms with van der Waals surface area (Å²) in [6.07, 6.45) is -6.63. The van der Waals surface area contributed by atoms with Gasteiger partial charge in [0.1, 0.15) is 0 Å². The van der Waals surface area contributed by atoms with Crippen LogP contribution in [0.4, 0.5) is 0 Å². The van der Waals surface area contributed by atoms with E-state index in [4.69, 9.17) is 63.9 Å². The molecule has 0 aliphatic carbocycles. The van der Waals surface area contributed by atoms with E-state index < -0.39 is 58.3 Å². The van der Waals surface area contributed by atoms with Crippen molar-refractivity contribution in [2.24, 2.45) is 0 Å². The van der Waals surface area contributed by atoms with Gasteiger partial charge in [0, 0.05) is 6.92 Å². The van der Waals surface area contributed by atoms with Gasteiger partial charge < -0.3 is 23.7 Å². The van der Waals surface area contributed by atoms with E-state index in [0.29, 0.717) is 0 Å². The van der Waals surface area contributed by atoms with Gasteiger partial charge in [-0.25, -0.2) is 9.59 Å². The van der Waals surface area contributed by atoms with Crippen molar-refractivity contribution in [3.05, 3.63) is 71.8 Å². The molecule has 0 bridgehead atoms. The minimum Gasteiger partial charge on any atom is -0.454 e. The fourth-order valence-corrected chi connectivity index (χ4v) is 3.53. The van der Waals surface area contributed by atoms with Gasteiger partial charge in [-0.1, -0.05) is 71.2 Å². The van der Waals surface area contributed by atoms with E-state index in [9.17, 15) is 14.4 Å². The molecule has 5 atom stereocenters. The van der Waals surface area contributed by atoms with Crippen LogP contribution < -0.4 is 0 Å². The summed E-state index contributed by atoms with van der Waals surface area (Å²) in [5.74, 6) is -3.13. The first-order valence-electron chi connectivity index (χ1n) is 10.6. The molecule has 192 valence electrons. The molecule has 0 radical (unpaired) electrons. The molecule has 2 aromatic carbocycles. The van der Waals surface area contributed by atoms with Crippen LogP contribution in [0, 0.1) is 5.41 Å². The second-order valence-corrected chi connectivity index (χ2v) is 9.98. The highest BCUT2D eigenvalue weighted by Crippen LogP contribution is 2.34. The molecular formula is C24H22Cl3NO8. The van der Waals surface area contributed by atoms with Gasteiger partial charge in [-0.2, -0.15) is 0 Å². The molecule has 1 heterocycles. The standard InChI is InChI=1S/C24H22Cl3NO8/c1-13-17(34-20(30)15-9-5-3-6-10-15)18(33-14(2)29)19(22(32-13)36-23(28)24(25,26)27)35-21(31)16-11-7-4-8-12-16/h3-13,17-19,22,28H,1-2H3/t13?,17-,18+,19?,22-/m0/s1. The zero-order chi connectivity index (χ0) is 26.5. The molecule has 1 N–H and O–H groups in total. The third kappa shape index (κ3) is 7.10.